The van der Waals surface area contributed by atoms with Gasteiger partial charge in [0.1, 0.15) is 6.10 Å². The summed E-state index contributed by atoms with van der Waals surface area (Å²) in [5.41, 5.74) is 0. The second kappa shape index (κ2) is 6.21. The van der Waals surface area contributed by atoms with Crippen molar-refractivity contribution in [3.63, 3.8) is 0 Å². The Morgan fingerprint density at radius 3 is 2.50 bits per heavy atom. The van der Waals surface area contributed by atoms with Crippen molar-refractivity contribution in [3.8, 4) is 0 Å². The molecule has 1 rings (SSSR count). The average Bonchev–Trinajstić information content (AvgIpc) is 2.13. The highest BCUT2D eigenvalue weighted by Gasteiger charge is 2.31. The van der Waals surface area contributed by atoms with E-state index < -0.39 is 0 Å². The molecule has 2 N–H and O–H groups in total. The van der Waals surface area contributed by atoms with Crippen LogP contribution in [0.4, 0.5) is 0 Å². The van der Waals surface area contributed by atoms with E-state index in [2.05, 4.69) is 10.6 Å². The first-order valence-electron chi connectivity index (χ1n) is 6.13. The number of amides is 1. The van der Waals surface area contributed by atoms with Crippen molar-refractivity contribution in [2.24, 2.45) is 5.92 Å². The van der Waals surface area contributed by atoms with Gasteiger partial charge in [-0.25, -0.2) is 0 Å². The molecule has 94 valence electrons. The molecular formula is C12H24N2O2. The van der Waals surface area contributed by atoms with Crippen LogP contribution >= 0.6 is 0 Å². The van der Waals surface area contributed by atoms with Crippen LogP contribution in [-0.2, 0) is 9.53 Å². The Morgan fingerprint density at radius 2 is 2.00 bits per heavy atom. The third-order valence-electron chi connectivity index (χ3n) is 2.88. The Bertz CT molecular complexity index is 225. The molecule has 1 saturated carbocycles. The predicted octanol–water partition coefficient (Wildman–Crippen LogP) is 0.914. The SMILES string of the molecule is CNCC1CC(OC(C)C(=O)NC(C)C)C1. The van der Waals surface area contributed by atoms with Gasteiger partial charge in [-0.3, -0.25) is 4.79 Å². The van der Waals surface area contributed by atoms with Gasteiger partial charge in [0.2, 0.25) is 5.91 Å². The molecule has 16 heavy (non-hydrogen) atoms. The van der Waals surface area contributed by atoms with Crippen LogP contribution in [0.3, 0.4) is 0 Å². The number of hydrogen-bond donors (Lipinski definition) is 2. The predicted molar refractivity (Wildman–Crippen MR) is 64.3 cm³/mol. The first-order chi connectivity index (χ1) is 7.52. The fraction of sp³-hybridized carbons (Fsp3) is 0.917. The topological polar surface area (TPSA) is 50.4 Å². The van der Waals surface area contributed by atoms with Crippen molar-refractivity contribution in [3.05, 3.63) is 0 Å². The van der Waals surface area contributed by atoms with Gasteiger partial charge in [-0.1, -0.05) is 0 Å². The summed E-state index contributed by atoms with van der Waals surface area (Å²) in [7, 11) is 1.97. The van der Waals surface area contributed by atoms with E-state index in [9.17, 15) is 4.79 Å². The molecule has 4 nitrogen and oxygen atoms in total. The molecule has 1 fully saturated rings. The molecule has 1 amide bonds. The maximum Gasteiger partial charge on any atom is 0.249 e. The summed E-state index contributed by atoms with van der Waals surface area (Å²) in [6.07, 6.45) is 2.08. The van der Waals surface area contributed by atoms with Gasteiger partial charge in [0.05, 0.1) is 6.10 Å². The summed E-state index contributed by atoms with van der Waals surface area (Å²) in [6.45, 7) is 6.78. The van der Waals surface area contributed by atoms with Crippen LogP contribution in [0.5, 0.6) is 0 Å². The molecule has 4 heteroatoms. The van der Waals surface area contributed by atoms with Crippen LogP contribution < -0.4 is 10.6 Å². The van der Waals surface area contributed by atoms with Crippen LogP contribution in [0.25, 0.3) is 0 Å². The number of nitrogens with one attached hydrogen (secondary N) is 2. The van der Waals surface area contributed by atoms with Crippen LogP contribution in [0.15, 0.2) is 0 Å². The van der Waals surface area contributed by atoms with Crippen molar-refractivity contribution in [2.45, 2.75) is 51.9 Å². The van der Waals surface area contributed by atoms with E-state index >= 15 is 0 Å². The first-order valence-corrected chi connectivity index (χ1v) is 6.13. The van der Waals surface area contributed by atoms with E-state index in [1.54, 1.807) is 0 Å². The lowest BCUT2D eigenvalue weighted by Gasteiger charge is -2.36. The Balaban J connectivity index is 2.16. The maximum atomic E-state index is 11.6. The zero-order valence-corrected chi connectivity index (χ0v) is 10.7. The summed E-state index contributed by atoms with van der Waals surface area (Å²) in [5.74, 6) is 0.711. The molecule has 0 aromatic heterocycles. The zero-order chi connectivity index (χ0) is 12.1. The molecule has 1 atom stereocenters. The lowest BCUT2D eigenvalue weighted by molar-refractivity contribution is -0.141. The van der Waals surface area contributed by atoms with Crippen LogP contribution in [0, 0.1) is 5.92 Å². The quantitative estimate of drug-likeness (QED) is 0.710. The lowest BCUT2D eigenvalue weighted by atomic mass is 9.82. The number of rotatable bonds is 6. The van der Waals surface area contributed by atoms with Crippen molar-refractivity contribution < 1.29 is 9.53 Å². The van der Waals surface area contributed by atoms with E-state index in [1.807, 2.05) is 27.8 Å². The molecule has 0 aromatic rings. The zero-order valence-electron chi connectivity index (χ0n) is 10.7. The molecule has 0 heterocycles. The van der Waals surface area contributed by atoms with E-state index in [0.29, 0.717) is 0 Å². The molecule has 0 bridgehead atoms. The van der Waals surface area contributed by atoms with Crippen LogP contribution in [-0.4, -0.2) is 37.7 Å². The van der Waals surface area contributed by atoms with E-state index in [4.69, 9.17) is 4.74 Å². The van der Waals surface area contributed by atoms with Crippen molar-refractivity contribution in [1.29, 1.82) is 0 Å². The Morgan fingerprint density at radius 1 is 1.38 bits per heavy atom. The van der Waals surface area contributed by atoms with E-state index in [0.717, 1.165) is 25.3 Å². The molecule has 0 aliphatic heterocycles. The molecule has 1 aliphatic rings. The lowest BCUT2D eigenvalue weighted by Crippen LogP contribution is -2.44. The maximum absolute atomic E-state index is 11.6. The number of carbonyl (C=O) groups is 1. The smallest absolute Gasteiger partial charge is 0.249 e. The Hall–Kier alpha value is -0.610. The number of carbonyl (C=O) groups excluding carboxylic acids is 1. The van der Waals surface area contributed by atoms with Gasteiger partial charge < -0.3 is 15.4 Å². The Labute approximate surface area is 98.1 Å². The standard InChI is InChI=1S/C12H24N2O2/c1-8(2)14-12(15)9(3)16-11-5-10(6-11)7-13-4/h8-11,13H,5-7H2,1-4H3,(H,14,15). The second-order valence-corrected chi connectivity index (χ2v) is 4.96. The van der Waals surface area contributed by atoms with Crippen molar-refractivity contribution in [2.75, 3.05) is 13.6 Å². The van der Waals surface area contributed by atoms with Gasteiger partial charge in [0.25, 0.3) is 0 Å². The minimum Gasteiger partial charge on any atom is -0.365 e. The monoisotopic (exact) mass is 228 g/mol. The second-order valence-electron chi connectivity index (χ2n) is 4.96. The molecule has 0 spiro atoms. The minimum atomic E-state index is -0.331. The van der Waals surface area contributed by atoms with Crippen LogP contribution in [0.2, 0.25) is 0 Å². The third kappa shape index (κ3) is 4.10. The normalized spacial score (nSPS) is 26.3. The van der Waals surface area contributed by atoms with E-state index in [1.165, 1.54) is 0 Å². The summed E-state index contributed by atoms with van der Waals surface area (Å²) >= 11 is 0. The molecule has 0 radical (unpaired) electrons. The van der Waals surface area contributed by atoms with E-state index in [-0.39, 0.29) is 24.2 Å². The molecule has 1 unspecified atom stereocenters. The molecule has 0 saturated heterocycles. The summed E-state index contributed by atoms with van der Waals surface area (Å²) in [6, 6.07) is 0.178. The van der Waals surface area contributed by atoms with Gasteiger partial charge in [-0.2, -0.15) is 0 Å². The average molecular weight is 228 g/mol. The Kier molecular flexibility index (Phi) is 5.22. The van der Waals surface area contributed by atoms with Gasteiger partial charge >= 0.3 is 0 Å². The molecule has 0 aromatic carbocycles. The first kappa shape index (κ1) is 13.5. The highest BCUT2D eigenvalue weighted by atomic mass is 16.5. The van der Waals surface area contributed by atoms with Crippen molar-refractivity contribution >= 4 is 5.91 Å². The highest BCUT2D eigenvalue weighted by Crippen LogP contribution is 2.30. The molecule has 1 aliphatic carbocycles. The number of hydrogen-bond acceptors (Lipinski definition) is 3. The third-order valence-corrected chi connectivity index (χ3v) is 2.88. The molecular weight excluding hydrogens is 204 g/mol. The fourth-order valence-electron chi connectivity index (χ4n) is 1.99. The van der Waals surface area contributed by atoms with Crippen LogP contribution in [0.1, 0.15) is 33.6 Å². The largest absolute Gasteiger partial charge is 0.365 e. The summed E-state index contributed by atoms with van der Waals surface area (Å²) in [4.78, 5) is 11.6. The highest BCUT2D eigenvalue weighted by molar-refractivity contribution is 5.80. The van der Waals surface area contributed by atoms with Gasteiger partial charge in [-0.15, -0.1) is 0 Å². The summed E-state index contributed by atoms with van der Waals surface area (Å²) < 4.78 is 5.69. The van der Waals surface area contributed by atoms with Gasteiger partial charge in [-0.05, 0) is 53.1 Å². The van der Waals surface area contributed by atoms with Gasteiger partial charge in [0, 0.05) is 6.04 Å². The number of ether oxygens (including phenoxy) is 1. The fourth-order valence-corrected chi connectivity index (χ4v) is 1.99. The summed E-state index contributed by atoms with van der Waals surface area (Å²) in [5, 5.41) is 6.01. The van der Waals surface area contributed by atoms with Crippen molar-refractivity contribution in [1.82, 2.24) is 10.6 Å². The van der Waals surface area contributed by atoms with Gasteiger partial charge in [0.15, 0.2) is 0 Å². The minimum absolute atomic E-state index is 0.00735.